The number of rotatable bonds is 10. The van der Waals surface area contributed by atoms with Gasteiger partial charge in [0, 0.05) is 18.9 Å². The van der Waals surface area contributed by atoms with Crippen molar-refractivity contribution in [2.24, 2.45) is 4.99 Å². The molecule has 0 saturated heterocycles. The summed E-state index contributed by atoms with van der Waals surface area (Å²) in [7, 11) is 1.65. The first kappa shape index (κ1) is 24.5. The Bertz CT molecular complexity index is 914. The first-order valence-electron chi connectivity index (χ1n) is 10.1. The van der Waals surface area contributed by atoms with Crippen molar-refractivity contribution < 1.29 is 9.47 Å². The molecule has 0 bridgehead atoms. The van der Waals surface area contributed by atoms with Crippen molar-refractivity contribution in [3.8, 4) is 11.5 Å². The van der Waals surface area contributed by atoms with Crippen LogP contribution >= 0.6 is 24.0 Å². The number of guanidine groups is 1. The normalized spacial score (nSPS) is 10.8. The van der Waals surface area contributed by atoms with Crippen LogP contribution < -0.4 is 20.1 Å². The minimum atomic E-state index is 0. The first-order valence-corrected chi connectivity index (χ1v) is 10.1. The minimum Gasteiger partial charge on any atom is -0.497 e. The number of methoxy groups -OCH3 is 1. The van der Waals surface area contributed by atoms with E-state index in [1.54, 1.807) is 13.3 Å². The van der Waals surface area contributed by atoms with Crippen LogP contribution in [0.15, 0.2) is 72.0 Å². The number of hydrogen-bond acceptors (Lipinski definition) is 4. The van der Waals surface area contributed by atoms with Gasteiger partial charge in [0.1, 0.15) is 18.1 Å². The fourth-order valence-electron chi connectivity index (χ4n) is 2.95. The number of hydrogen-bond donors (Lipinski definition) is 2. The number of benzene rings is 2. The number of ether oxygens (including phenoxy) is 2. The third-order valence-corrected chi connectivity index (χ3v) is 4.48. The molecule has 2 aromatic carbocycles. The Balaban J connectivity index is 0.00000341. The zero-order chi connectivity index (χ0) is 21.0. The molecule has 0 aliphatic carbocycles. The maximum Gasteiger partial charge on any atom is 0.191 e. The zero-order valence-corrected chi connectivity index (χ0v) is 20.3. The molecule has 0 spiro atoms. The maximum atomic E-state index is 5.76. The molecule has 0 amide bonds. The van der Waals surface area contributed by atoms with E-state index >= 15 is 0 Å². The van der Waals surface area contributed by atoms with Gasteiger partial charge in [0.2, 0.25) is 0 Å². The molecule has 0 fully saturated rings. The molecule has 0 radical (unpaired) electrons. The molecule has 0 aliphatic rings. The molecule has 7 nitrogen and oxygen atoms in total. The first-order chi connectivity index (χ1) is 14.8. The Labute approximate surface area is 200 Å². The highest BCUT2D eigenvalue weighted by molar-refractivity contribution is 14.0. The van der Waals surface area contributed by atoms with Gasteiger partial charge >= 0.3 is 0 Å². The highest BCUT2D eigenvalue weighted by Gasteiger charge is 2.04. The summed E-state index contributed by atoms with van der Waals surface area (Å²) in [5.74, 6) is 2.40. The van der Waals surface area contributed by atoms with Crippen molar-refractivity contribution >= 4 is 29.9 Å². The highest BCUT2D eigenvalue weighted by atomic mass is 127. The zero-order valence-electron chi connectivity index (χ0n) is 18.0. The van der Waals surface area contributed by atoms with E-state index in [0.717, 1.165) is 30.5 Å². The van der Waals surface area contributed by atoms with E-state index in [0.29, 0.717) is 19.7 Å². The van der Waals surface area contributed by atoms with Gasteiger partial charge in [0.15, 0.2) is 5.96 Å². The lowest BCUT2D eigenvalue weighted by atomic mass is 10.1. The van der Waals surface area contributed by atoms with Crippen LogP contribution in [0.2, 0.25) is 0 Å². The molecule has 0 atom stereocenters. The molecule has 1 aromatic heterocycles. The lowest BCUT2D eigenvalue weighted by Crippen LogP contribution is -2.39. The van der Waals surface area contributed by atoms with E-state index in [-0.39, 0.29) is 24.0 Å². The van der Waals surface area contributed by atoms with Crippen LogP contribution in [0.3, 0.4) is 0 Å². The number of nitrogens with one attached hydrogen (secondary N) is 2. The average Bonchev–Trinajstić information content (AvgIpc) is 3.29. The smallest absolute Gasteiger partial charge is 0.191 e. The van der Waals surface area contributed by atoms with E-state index in [4.69, 9.17) is 14.5 Å². The third-order valence-electron chi connectivity index (χ3n) is 4.48. The Kier molecular flexibility index (Phi) is 10.7. The Hall–Kier alpha value is -2.75. The van der Waals surface area contributed by atoms with Crippen LogP contribution in [-0.2, 0) is 13.1 Å². The van der Waals surface area contributed by atoms with E-state index in [2.05, 4.69) is 34.8 Å². The van der Waals surface area contributed by atoms with Gasteiger partial charge in [-0.05, 0) is 48.4 Å². The van der Waals surface area contributed by atoms with Crippen LogP contribution in [-0.4, -0.2) is 42.5 Å². The second-order valence-corrected chi connectivity index (χ2v) is 6.62. The summed E-state index contributed by atoms with van der Waals surface area (Å²) in [5.41, 5.74) is 2.39. The lowest BCUT2D eigenvalue weighted by Gasteiger charge is -2.13. The second kappa shape index (κ2) is 13.5. The Morgan fingerprint density at radius 3 is 2.42 bits per heavy atom. The summed E-state index contributed by atoms with van der Waals surface area (Å²) in [4.78, 5) is 4.73. The highest BCUT2D eigenvalue weighted by Crippen LogP contribution is 2.16. The van der Waals surface area contributed by atoms with Gasteiger partial charge in [0.25, 0.3) is 0 Å². The molecule has 2 N–H and O–H groups in total. The number of halogens is 1. The summed E-state index contributed by atoms with van der Waals surface area (Å²) in [6.07, 6.45) is 3.76. The molecular formula is C23H30IN5O2. The number of nitrogens with zero attached hydrogens (tertiary/aromatic N) is 3. The van der Waals surface area contributed by atoms with Crippen molar-refractivity contribution in [1.82, 2.24) is 20.4 Å². The molecule has 8 heteroatoms. The van der Waals surface area contributed by atoms with Crippen LogP contribution in [0.4, 0.5) is 0 Å². The van der Waals surface area contributed by atoms with Gasteiger partial charge in [-0.25, -0.2) is 4.99 Å². The molecular weight excluding hydrogens is 505 g/mol. The van der Waals surface area contributed by atoms with E-state index in [9.17, 15) is 0 Å². The fourth-order valence-corrected chi connectivity index (χ4v) is 2.95. The molecule has 166 valence electrons. The molecule has 0 saturated carbocycles. The average molecular weight is 535 g/mol. The van der Waals surface area contributed by atoms with Gasteiger partial charge in [-0.2, -0.15) is 5.10 Å². The van der Waals surface area contributed by atoms with Gasteiger partial charge in [-0.15, -0.1) is 24.0 Å². The molecule has 0 unspecified atom stereocenters. The standard InChI is InChI=1S/C23H29N5O2.HI/c1-3-24-23(25-14-16-30-22-11-9-21(29-2)10-12-22)26-17-19-7-4-5-8-20(19)18-28-15-6-13-27-28;/h4-13,15H,3,14,16-18H2,1-2H3,(H2,24,25,26);1H. The molecule has 0 aliphatic heterocycles. The van der Waals surface area contributed by atoms with E-state index in [1.165, 1.54) is 11.1 Å². The third kappa shape index (κ3) is 8.12. The van der Waals surface area contributed by atoms with Crippen molar-refractivity contribution in [1.29, 1.82) is 0 Å². The van der Waals surface area contributed by atoms with Crippen LogP contribution in [0.25, 0.3) is 0 Å². The van der Waals surface area contributed by atoms with Crippen LogP contribution in [0.5, 0.6) is 11.5 Å². The second-order valence-electron chi connectivity index (χ2n) is 6.62. The minimum absolute atomic E-state index is 0. The molecule has 31 heavy (non-hydrogen) atoms. The van der Waals surface area contributed by atoms with Crippen molar-refractivity contribution in [3.63, 3.8) is 0 Å². The largest absolute Gasteiger partial charge is 0.497 e. The molecule has 3 aromatic rings. The lowest BCUT2D eigenvalue weighted by molar-refractivity contribution is 0.321. The SMILES string of the molecule is CCNC(=NCc1ccccc1Cn1cccn1)NCCOc1ccc(OC)cc1.I. The topological polar surface area (TPSA) is 72.7 Å². The molecule has 3 rings (SSSR count). The summed E-state index contributed by atoms with van der Waals surface area (Å²) in [5, 5.41) is 10.9. The van der Waals surface area contributed by atoms with Crippen molar-refractivity contribution in [2.45, 2.75) is 20.0 Å². The predicted octanol–water partition coefficient (Wildman–Crippen LogP) is 3.69. The summed E-state index contributed by atoms with van der Waals surface area (Å²) in [6.45, 7) is 5.35. The van der Waals surface area contributed by atoms with E-state index in [1.807, 2.05) is 53.3 Å². The van der Waals surface area contributed by atoms with Crippen LogP contribution in [0.1, 0.15) is 18.1 Å². The number of aliphatic imine (C=N–C) groups is 1. The summed E-state index contributed by atoms with van der Waals surface area (Å²) >= 11 is 0. The van der Waals surface area contributed by atoms with Gasteiger partial charge < -0.3 is 20.1 Å². The predicted molar refractivity (Wildman–Crippen MR) is 134 cm³/mol. The maximum absolute atomic E-state index is 5.76. The van der Waals surface area contributed by atoms with Crippen molar-refractivity contribution in [2.75, 3.05) is 26.8 Å². The fraction of sp³-hybridized carbons (Fsp3) is 0.304. The molecule has 1 heterocycles. The van der Waals surface area contributed by atoms with E-state index < -0.39 is 0 Å². The van der Waals surface area contributed by atoms with Crippen molar-refractivity contribution in [3.05, 3.63) is 78.1 Å². The monoisotopic (exact) mass is 535 g/mol. The summed E-state index contributed by atoms with van der Waals surface area (Å²) in [6, 6.07) is 17.8. The van der Waals surface area contributed by atoms with Gasteiger partial charge in [0.05, 0.1) is 26.7 Å². The van der Waals surface area contributed by atoms with Gasteiger partial charge in [-0.1, -0.05) is 24.3 Å². The Morgan fingerprint density at radius 2 is 1.74 bits per heavy atom. The summed E-state index contributed by atoms with van der Waals surface area (Å²) < 4.78 is 12.8. The van der Waals surface area contributed by atoms with Crippen LogP contribution in [0, 0.1) is 0 Å². The number of aromatic nitrogens is 2. The van der Waals surface area contributed by atoms with Gasteiger partial charge in [-0.3, -0.25) is 4.68 Å². The quantitative estimate of drug-likeness (QED) is 0.179. The Morgan fingerprint density at radius 1 is 1.00 bits per heavy atom.